The second-order valence-electron chi connectivity index (χ2n) is 16.8. The SMILES string of the molecule is CC[C@@H]1O[C@@]1(C)[C@@H]1OC(=O)[C@H](C)[C@@H](O[C@H]2CC(C)(OC)[C@@H](O)C(C)O2)[C@H](C)[C@@H](O[C@@H]2OC(C)CC(N(C)C)C2O)[C@]2(C)CC(C)C(O2)[C@@H]1C. The second-order valence-corrected chi connectivity index (χ2v) is 16.8. The van der Waals surface area contributed by atoms with Crippen LogP contribution in [0.3, 0.4) is 0 Å². The lowest BCUT2D eigenvalue weighted by molar-refractivity contribution is -0.318. The number of carbonyl (C=O) groups is 1. The highest BCUT2D eigenvalue weighted by Crippen LogP contribution is 2.52. The number of esters is 1. The van der Waals surface area contributed by atoms with Crippen LogP contribution in [0.1, 0.15) is 94.9 Å². The Labute approximate surface area is 293 Å². The summed E-state index contributed by atoms with van der Waals surface area (Å²) < 4.78 is 51.9. The van der Waals surface area contributed by atoms with Crippen molar-refractivity contribution >= 4 is 5.97 Å². The van der Waals surface area contributed by atoms with E-state index in [1.54, 1.807) is 14.0 Å². The van der Waals surface area contributed by atoms with Gasteiger partial charge < -0.3 is 53.0 Å². The van der Waals surface area contributed by atoms with E-state index in [2.05, 4.69) is 27.7 Å². The van der Waals surface area contributed by atoms with Crippen molar-refractivity contribution in [3.63, 3.8) is 0 Å². The lowest BCUT2D eigenvalue weighted by Crippen LogP contribution is -2.60. The van der Waals surface area contributed by atoms with Gasteiger partial charge in [-0.25, -0.2) is 0 Å². The zero-order valence-corrected chi connectivity index (χ0v) is 32.1. The van der Waals surface area contributed by atoms with Crippen molar-refractivity contribution in [1.82, 2.24) is 4.90 Å². The Morgan fingerprint density at radius 1 is 0.939 bits per heavy atom. The minimum Gasteiger partial charge on any atom is -0.459 e. The van der Waals surface area contributed by atoms with Crippen LogP contribution in [0.2, 0.25) is 0 Å². The first-order valence-electron chi connectivity index (χ1n) is 18.6. The molecule has 12 heteroatoms. The third kappa shape index (κ3) is 7.35. The molecule has 5 fully saturated rings. The van der Waals surface area contributed by atoms with Gasteiger partial charge in [-0.05, 0) is 80.8 Å². The summed E-state index contributed by atoms with van der Waals surface area (Å²) in [5.41, 5.74) is -2.39. The van der Waals surface area contributed by atoms with Gasteiger partial charge in [0.05, 0.1) is 53.7 Å². The third-order valence-electron chi connectivity index (χ3n) is 12.6. The number of nitrogens with zero attached hydrogens (tertiary/aromatic N) is 1. The maximum atomic E-state index is 14.3. The molecule has 5 aliphatic rings. The van der Waals surface area contributed by atoms with E-state index < -0.39 is 83.8 Å². The molecule has 0 aromatic carbocycles. The number of likely N-dealkylation sites (N-methyl/N-ethyl adjacent to an activating group) is 1. The number of rotatable bonds is 8. The molecule has 0 aromatic rings. The van der Waals surface area contributed by atoms with E-state index in [4.69, 9.17) is 37.9 Å². The Balaban J connectivity index is 1.56. The van der Waals surface area contributed by atoms with E-state index >= 15 is 0 Å². The van der Waals surface area contributed by atoms with E-state index in [9.17, 15) is 15.0 Å². The van der Waals surface area contributed by atoms with Gasteiger partial charge in [0.25, 0.3) is 0 Å². The molecule has 49 heavy (non-hydrogen) atoms. The molecular formula is C37H65NO11. The van der Waals surface area contributed by atoms with Gasteiger partial charge in [-0.1, -0.05) is 27.7 Å². The highest BCUT2D eigenvalue weighted by atomic mass is 16.7. The second kappa shape index (κ2) is 14.5. The van der Waals surface area contributed by atoms with Gasteiger partial charge in [0, 0.05) is 31.4 Å². The number of epoxide rings is 1. The number of hydrogen-bond acceptors (Lipinski definition) is 12. The zero-order chi connectivity index (χ0) is 36.4. The van der Waals surface area contributed by atoms with Crippen molar-refractivity contribution < 1.29 is 52.9 Å². The Hall–Kier alpha value is -0.930. The number of aliphatic hydroxyl groups is 2. The van der Waals surface area contributed by atoms with Gasteiger partial charge in [0.15, 0.2) is 12.6 Å². The van der Waals surface area contributed by atoms with Crippen molar-refractivity contribution in [2.24, 2.45) is 23.7 Å². The number of ether oxygens (including phenoxy) is 8. The molecule has 0 saturated carbocycles. The molecule has 0 aliphatic carbocycles. The summed E-state index contributed by atoms with van der Waals surface area (Å²) >= 11 is 0. The summed E-state index contributed by atoms with van der Waals surface area (Å²) in [6.45, 7) is 19.9. The largest absolute Gasteiger partial charge is 0.459 e. The van der Waals surface area contributed by atoms with Crippen LogP contribution in [0, 0.1) is 23.7 Å². The Kier molecular flexibility index (Phi) is 11.6. The number of fused-ring (bicyclic) bond motifs is 2. The summed E-state index contributed by atoms with van der Waals surface area (Å²) in [6.07, 6.45) is -4.08. The van der Waals surface area contributed by atoms with Crippen LogP contribution >= 0.6 is 0 Å². The number of hydrogen-bond donors (Lipinski definition) is 2. The summed E-state index contributed by atoms with van der Waals surface area (Å²) in [5.74, 6) is -1.68. The van der Waals surface area contributed by atoms with Crippen molar-refractivity contribution in [3.8, 4) is 0 Å². The fraction of sp³-hybridized carbons (Fsp3) is 0.973. The van der Waals surface area contributed by atoms with Gasteiger partial charge in [0.1, 0.15) is 23.9 Å². The highest BCUT2D eigenvalue weighted by molar-refractivity contribution is 5.73. The molecular weight excluding hydrogens is 634 g/mol. The normalized spacial score (nSPS) is 54.0. The van der Waals surface area contributed by atoms with Crippen LogP contribution in [0.4, 0.5) is 0 Å². The Morgan fingerprint density at radius 3 is 2.20 bits per heavy atom. The van der Waals surface area contributed by atoms with Crippen LogP contribution in [-0.2, 0) is 42.7 Å². The van der Waals surface area contributed by atoms with Crippen LogP contribution in [0.15, 0.2) is 0 Å². The molecule has 19 atom stereocenters. The summed E-state index contributed by atoms with van der Waals surface area (Å²) in [7, 11) is 5.46. The average molecular weight is 700 g/mol. The van der Waals surface area contributed by atoms with Gasteiger partial charge in [-0.2, -0.15) is 0 Å². The molecule has 2 N–H and O–H groups in total. The molecule has 5 saturated heterocycles. The summed E-state index contributed by atoms with van der Waals surface area (Å²) in [6, 6.07) is -0.168. The lowest BCUT2D eigenvalue weighted by Gasteiger charge is -2.48. The lowest BCUT2D eigenvalue weighted by atomic mass is 9.77. The topological polar surface area (TPSA) is 138 Å². The van der Waals surface area contributed by atoms with Crippen LogP contribution in [-0.4, -0.2) is 133 Å². The number of aliphatic hydroxyl groups excluding tert-OH is 2. The maximum Gasteiger partial charge on any atom is 0.311 e. The monoisotopic (exact) mass is 699 g/mol. The number of cyclic esters (lactones) is 1. The molecule has 2 bridgehead atoms. The predicted molar refractivity (Wildman–Crippen MR) is 181 cm³/mol. The molecule has 0 radical (unpaired) electrons. The van der Waals surface area contributed by atoms with E-state index in [1.165, 1.54) is 0 Å². The molecule has 5 heterocycles. The Morgan fingerprint density at radius 2 is 1.61 bits per heavy atom. The van der Waals surface area contributed by atoms with E-state index in [0.29, 0.717) is 12.8 Å². The molecule has 284 valence electrons. The molecule has 5 aliphatic heterocycles. The highest BCUT2D eigenvalue weighted by Gasteiger charge is 2.64. The number of methoxy groups -OCH3 is 1. The first kappa shape index (κ1) is 39.3. The molecule has 7 unspecified atom stereocenters. The van der Waals surface area contributed by atoms with Gasteiger partial charge in [-0.15, -0.1) is 0 Å². The summed E-state index contributed by atoms with van der Waals surface area (Å²) in [4.78, 5) is 16.3. The van der Waals surface area contributed by atoms with Crippen molar-refractivity contribution in [2.75, 3.05) is 21.2 Å². The number of carbonyl (C=O) groups excluding carboxylic acids is 1. The van der Waals surface area contributed by atoms with E-state index in [0.717, 1.165) is 6.42 Å². The summed E-state index contributed by atoms with van der Waals surface area (Å²) in [5, 5.41) is 22.5. The van der Waals surface area contributed by atoms with Crippen LogP contribution in [0.5, 0.6) is 0 Å². The van der Waals surface area contributed by atoms with Crippen molar-refractivity contribution in [1.29, 1.82) is 0 Å². The van der Waals surface area contributed by atoms with E-state index in [1.807, 2.05) is 53.6 Å². The fourth-order valence-electron chi connectivity index (χ4n) is 9.60. The minimum atomic E-state index is -0.932. The Bertz CT molecular complexity index is 1160. The quantitative estimate of drug-likeness (QED) is 0.283. The predicted octanol–water partition coefficient (Wildman–Crippen LogP) is 3.67. The molecule has 12 nitrogen and oxygen atoms in total. The van der Waals surface area contributed by atoms with Crippen LogP contribution in [0.25, 0.3) is 0 Å². The first-order valence-corrected chi connectivity index (χ1v) is 18.6. The fourth-order valence-corrected chi connectivity index (χ4v) is 9.60. The van der Waals surface area contributed by atoms with Crippen molar-refractivity contribution in [2.45, 2.75) is 185 Å². The average Bonchev–Trinajstić information content (AvgIpc) is 3.62. The van der Waals surface area contributed by atoms with Crippen LogP contribution < -0.4 is 0 Å². The first-order chi connectivity index (χ1) is 22.8. The van der Waals surface area contributed by atoms with Gasteiger partial charge in [-0.3, -0.25) is 4.79 Å². The third-order valence-corrected chi connectivity index (χ3v) is 12.6. The molecule has 0 spiro atoms. The molecule has 0 amide bonds. The maximum absolute atomic E-state index is 14.3. The zero-order valence-electron chi connectivity index (χ0n) is 32.1. The van der Waals surface area contributed by atoms with Gasteiger partial charge >= 0.3 is 5.97 Å². The minimum absolute atomic E-state index is 0.0230. The molecule has 0 aromatic heterocycles. The smallest absolute Gasteiger partial charge is 0.311 e. The standard InChI is InChI=1S/C37H65NO11/c1-14-25-37(10,48-25)32-20(4)28-18(2)16-36(9,49-28)31(47-34-27(39)24(38(11)12)15-19(3)43-34)21(5)29(22(6)33(41)46-32)45-26-17-35(8,42-13)30(40)23(7)44-26/h18-32,34,39-40H,14-17H2,1-13H3/t18?,19?,20-,21-,22+,23?,24?,25-,26-,27?,28?,29-,30-,31+,32+,34-,35?,36-,37+/m0/s1. The van der Waals surface area contributed by atoms with Crippen molar-refractivity contribution in [3.05, 3.63) is 0 Å². The molecule has 5 rings (SSSR count). The van der Waals surface area contributed by atoms with E-state index in [-0.39, 0.29) is 42.6 Å². The van der Waals surface area contributed by atoms with Gasteiger partial charge in [0.2, 0.25) is 0 Å².